The van der Waals surface area contributed by atoms with E-state index >= 15 is 0 Å². The number of nitrogens with one attached hydrogen (secondary N) is 1. The fraction of sp³-hybridized carbons (Fsp3) is 0.909. The minimum absolute atomic E-state index is 0.540. The third kappa shape index (κ3) is 1.06. The van der Waals surface area contributed by atoms with Crippen LogP contribution in [0.1, 0.15) is 32.1 Å². The van der Waals surface area contributed by atoms with Crippen molar-refractivity contribution >= 4 is 0 Å². The van der Waals surface area contributed by atoms with E-state index in [4.69, 9.17) is 5.26 Å². The first-order valence-corrected chi connectivity index (χ1v) is 5.51. The Bertz CT molecular complexity index is 225. The molecule has 0 aliphatic heterocycles. The molecule has 0 aromatic rings. The van der Waals surface area contributed by atoms with Gasteiger partial charge in [-0.1, -0.05) is 0 Å². The molecule has 2 heteroatoms. The smallest absolute Gasteiger partial charge is 0.176 e. The second kappa shape index (κ2) is 2.64. The van der Waals surface area contributed by atoms with Crippen LogP contribution in [0.3, 0.4) is 0 Å². The van der Waals surface area contributed by atoms with Gasteiger partial charge in [0.15, 0.2) is 6.19 Å². The van der Waals surface area contributed by atoms with Crippen LogP contribution >= 0.6 is 0 Å². The molecule has 4 fully saturated rings. The van der Waals surface area contributed by atoms with Gasteiger partial charge in [0, 0.05) is 6.04 Å². The fourth-order valence-corrected chi connectivity index (χ4v) is 4.24. The Morgan fingerprint density at radius 1 is 0.923 bits per heavy atom. The highest BCUT2D eigenvalue weighted by Gasteiger charge is 2.48. The number of rotatable bonds is 1. The van der Waals surface area contributed by atoms with Crippen LogP contribution < -0.4 is 5.32 Å². The van der Waals surface area contributed by atoms with Crippen LogP contribution in [-0.4, -0.2) is 6.04 Å². The number of nitrogens with zero attached hydrogens (tertiary/aromatic N) is 1. The van der Waals surface area contributed by atoms with Crippen molar-refractivity contribution in [2.75, 3.05) is 0 Å². The molecular formula is C11H16N2. The summed E-state index contributed by atoms with van der Waals surface area (Å²) in [6, 6.07) is 0.540. The maximum Gasteiger partial charge on any atom is 0.176 e. The van der Waals surface area contributed by atoms with Crippen molar-refractivity contribution in [2.24, 2.45) is 23.7 Å². The van der Waals surface area contributed by atoms with E-state index in [1.54, 1.807) is 0 Å². The van der Waals surface area contributed by atoms with Crippen LogP contribution in [0.25, 0.3) is 0 Å². The molecule has 0 spiro atoms. The van der Waals surface area contributed by atoms with Crippen LogP contribution in [0.15, 0.2) is 0 Å². The predicted molar refractivity (Wildman–Crippen MR) is 49.6 cm³/mol. The van der Waals surface area contributed by atoms with Crippen molar-refractivity contribution in [3.8, 4) is 6.19 Å². The number of nitriles is 1. The van der Waals surface area contributed by atoms with Crippen molar-refractivity contribution in [1.29, 1.82) is 5.26 Å². The van der Waals surface area contributed by atoms with Crippen LogP contribution in [0.4, 0.5) is 0 Å². The SMILES string of the molecule is N#CNC1C2CC3CC(C2)CC1C3. The average molecular weight is 176 g/mol. The normalized spacial score (nSPS) is 51.8. The zero-order valence-corrected chi connectivity index (χ0v) is 7.87. The van der Waals surface area contributed by atoms with Gasteiger partial charge in [-0.25, -0.2) is 0 Å². The standard InChI is InChI=1S/C11H16N2/c12-6-13-11-9-2-7-1-8(4-9)5-10(11)3-7/h7-11,13H,1-5H2. The summed E-state index contributed by atoms with van der Waals surface area (Å²) in [5.74, 6) is 3.69. The zero-order valence-electron chi connectivity index (χ0n) is 7.87. The second-order valence-corrected chi connectivity index (χ2v) is 5.21. The molecular weight excluding hydrogens is 160 g/mol. The van der Waals surface area contributed by atoms with E-state index in [0.717, 1.165) is 23.7 Å². The van der Waals surface area contributed by atoms with Crippen molar-refractivity contribution in [3.05, 3.63) is 0 Å². The molecule has 4 rings (SSSR count). The van der Waals surface area contributed by atoms with Crippen molar-refractivity contribution in [3.63, 3.8) is 0 Å². The van der Waals surface area contributed by atoms with Gasteiger partial charge in [-0.3, -0.25) is 0 Å². The summed E-state index contributed by atoms with van der Waals surface area (Å²) in [5.41, 5.74) is 0. The summed E-state index contributed by atoms with van der Waals surface area (Å²) >= 11 is 0. The Morgan fingerprint density at radius 3 is 1.92 bits per heavy atom. The summed E-state index contributed by atoms with van der Waals surface area (Å²) in [5, 5.41) is 11.7. The zero-order chi connectivity index (χ0) is 8.84. The molecule has 0 heterocycles. The van der Waals surface area contributed by atoms with Gasteiger partial charge in [-0.2, -0.15) is 5.26 Å². The van der Waals surface area contributed by atoms with E-state index in [-0.39, 0.29) is 0 Å². The molecule has 0 unspecified atom stereocenters. The van der Waals surface area contributed by atoms with Crippen molar-refractivity contribution in [2.45, 2.75) is 38.1 Å². The van der Waals surface area contributed by atoms with E-state index in [1.165, 1.54) is 32.1 Å². The highest BCUT2D eigenvalue weighted by molar-refractivity contribution is 5.02. The summed E-state index contributed by atoms with van der Waals surface area (Å²) in [7, 11) is 0. The molecule has 1 N–H and O–H groups in total. The Kier molecular flexibility index (Phi) is 1.56. The monoisotopic (exact) mass is 176 g/mol. The Hall–Kier alpha value is -0.710. The molecule has 4 aliphatic carbocycles. The van der Waals surface area contributed by atoms with Gasteiger partial charge in [0.25, 0.3) is 0 Å². The molecule has 13 heavy (non-hydrogen) atoms. The summed E-state index contributed by atoms with van der Waals surface area (Å²) in [6.07, 6.45) is 9.22. The Balaban J connectivity index is 1.82. The number of hydrogen-bond donors (Lipinski definition) is 1. The lowest BCUT2D eigenvalue weighted by Crippen LogP contribution is -2.53. The molecule has 4 aliphatic rings. The maximum absolute atomic E-state index is 8.69. The van der Waals surface area contributed by atoms with Crippen LogP contribution in [0, 0.1) is 35.1 Å². The Morgan fingerprint density at radius 2 is 1.46 bits per heavy atom. The third-order valence-corrected chi connectivity index (χ3v) is 4.46. The van der Waals surface area contributed by atoms with Gasteiger partial charge in [-0.15, -0.1) is 0 Å². The second-order valence-electron chi connectivity index (χ2n) is 5.21. The molecule has 0 aromatic carbocycles. The molecule has 0 amide bonds. The summed E-state index contributed by atoms with van der Waals surface area (Å²) in [4.78, 5) is 0. The minimum atomic E-state index is 0.540. The highest BCUT2D eigenvalue weighted by atomic mass is 14.9. The van der Waals surface area contributed by atoms with Gasteiger partial charge in [0.1, 0.15) is 0 Å². The highest BCUT2D eigenvalue weighted by Crippen LogP contribution is 2.53. The lowest BCUT2D eigenvalue weighted by molar-refractivity contribution is -0.00809. The van der Waals surface area contributed by atoms with Gasteiger partial charge >= 0.3 is 0 Å². The van der Waals surface area contributed by atoms with E-state index < -0.39 is 0 Å². The summed E-state index contributed by atoms with van der Waals surface area (Å²) in [6.45, 7) is 0. The predicted octanol–water partition coefficient (Wildman–Crippen LogP) is 1.88. The van der Waals surface area contributed by atoms with Crippen molar-refractivity contribution in [1.82, 2.24) is 5.32 Å². The third-order valence-electron chi connectivity index (χ3n) is 4.46. The van der Waals surface area contributed by atoms with Crippen LogP contribution in [0.2, 0.25) is 0 Å². The van der Waals surface area contributed by atoms with E-state index in [0.29, 0.717) is 6.04 Å². The van der Waals surface area contributed by atoms with Gasteiger partial charge in [-0.05, 0) is 55.8 Å². The largest absolute Gasteiger partial charge is 0.320 e. The molecule has 0 aromatic heterocycles. The quantitative estimate of drug-likeness (QED) is 0.489. The average Bonchev–Trinajstić information content (AvgIpc) is 2.10. The lowest BCUT2D eigenvalue weighted by Gasteiger charge is -2.53. The molecule has 4 bridgehead atoms. The van der Waals surface area contributed by atoms with Gasteiger partial charge in [0.05, 0.1) is 0 Å². The lowest BCUT2D eigenvalue weighted by atomic mass is 9.54. The fourth-order valence-electron chi connectivity index (χ4n) is 4.24. The van der Waals surface area contributed by atoms with Gasteiger partial charge < -0.3 is 5.32 Å². The van der Waals surface area contributed by atoms with Crippen LogP contribution in [0.5, 0.6) is 0 Å². The molecule has 0 atom stereocenters. The first kappa shape index (κ1) is 7.67. The van der Waals surface area contributed by atoms with E-state index in [1.807, 2.05) is 0 Å². The summed E-state index contributed by atoms with van der Waals surface area (Å²) < 4.78 is 0. The molecule has 2 nitrogen and oxygen atoms in total. The molecule has 70 valence electrons. The number of hydrogen-bond acceptors (Lipinski definition) is 2. The van der Waals surface area contributed by atoms with Crippen molar-refractivity contribution < 1.29 is 0 Å². The maximum atomic E-state index is 8.69. The molecule has 0 radical (unpaired) electrons. The van der Waals surface area contributed by atoms with Crippen LogP contribution in [-0.2, 0) is 0 Å². The topological polar surface area (TPSA) is 35.8 Å². The molecule has 4 saturated carbocycles. The first-order valence-electron chi connectivity index (χ1n) is 5.51. The minimum Gasteiger partial charge on any atom is -0.320 e. The molecule has 0 saturated heterocycles. The Labute approximate surface area is 79.3 Å². The first-order chi connectivity index (χ1) is 6.36. The van der Waals surface area contributed by atoms with E-state index in [2.05, 4.69) is 11.5 Å². The van der Waals surface area contributed by atoms with E-state index in [9.17, 15) is 0 Å². The van der Waals surface area contributed by atoms with Gasteiger partial charge in [0.2, 0.25) is 0 Å².